The van der Waals surface area contributed by atoms with Gasteiger partial charge >= 0.3 is 5.97 Å². The van der Waals surface area contributed by atoms with Crippen LogP contribution in [0.1, 0.15) is 32.1 Å². The molecule has 0 aromatic heterocycles. The Hall–Kier alpha value is -0.180. The van der Waals surface area contributed by atoms with Crippen molar-refractivity contribution in [1.82, 2.24) is 0 Å². The summed E-state index contributed by atoms with van der Waals surface area (Å²) in [6.07, 6.45) is 5.68. The minimum atomic E-state index is -0.622. The molecule has 2 aliphatic rings. The highest BCUT2D eigenvalue weighted by Gasteiger charge is 2.38. The number of hydrogen-bond donors (Lipinski definition) is 1. The lowest BCUT2D eigenvalue weighted by Crippen LogP contribution is -2.24. The minimum absolute atomic E-state index is 0.381. The second-order valence-electron chi connectivity index (χ2n) is 4.18. The van der Waals surface area contributed by atoms with Crippen LogP contribution >= 0.6 is 11.8 Å². The first-order valence-electron chi connectivity index (χ1n) is 5.11. The summed E-state index contributed by atoms with van der Waals surface area (Å²) in [5, 5.41) is 9.17. The van der Waals surface area contributed by atoms with E-state index in [0.29, 0.717) is 11.7 Å². The van der Waals surface area contributed by atoms with E-state index in [1.54, 1.807) is 0 Å². The maximum absolute atomic E-state index is 10.6. The van der Waals surface area contributed by atoms with Crippen LogP contribution in [0.3, 0.4) is 0 Å². The zero-order chi connectivity index (χ0) is 9.26. The molecular weight excluding hydrogens is 184 g/mol. The highest BCUT2D eigenvalue weighted by molar-refractivity contribution is 8.00. The van der Waals surface area contributed by atoms with Crippen LogP contribution in [0.15, 0.2) is 0 Å². The molecule has 0 aromatic carbocycles. The maximum Gasteiger partial charge on any atom is 0.304 e. The molecule has 0 radical (unpaired) electrons. The smallest absolute Gasteiger partial charge is 0.304 e. The van der Waals surface area contributed by atoms with E-state index in [1.165, 1.54) is 31.4 Å². The van der Waals surface area contributed by atoms with E-state index >= 15 is 0 Å². The van der Waals surface area contributed by atoms with Crippen LogP contribution in [0.25, 0.3) is 0 Å². The summed E-state index contributed by atoms with van der Waals surface area (Å²) >= 11 is 1.90. The van der Waals surface area contributed by atoms with E-state index in [-0.39, 0.29) is 0 Å². The second kappa shape index (κ2) is 3.91. The monoisotopic (exact) mass is 200 g/mol. The van der Waals surface area contributed by atoms with Gasteiger partial charge in [0.05, 0.1) is 6.42 Å². The first-order chi connectivity index (χ1) is 6.27. The Labute approximate surface area is 83.1 Å². The summed E-state index contributed by atoms with van der Waals surface area (Å²) in [5.41, 5.74) is 0. The number of aliphatic carboxylic acids is 1. The van der Waals surface area contributed by atoms with Crippen LogP contribution in [0.2, 0.25) is 0 Å². The van der Waals surface area contributed by atoms with Crippen LogP contribution in [-0.2, 0) is 4.79 Å². The van der Waals surface area contributed by atoms with Crippen molar-refractivity contribution in [3.8, 4) is 0 Å². The van der Waals surface area contributed by atoms with Gasteiger partial charge in [-0.05, 0) is 30.4 Å². The Balaban J connectivity index is 1.94. The molecule has 2 fully saturated rings. The third-order valence-corrected chi connectivity index (χ3v) is 4.91. The predicted molar refractivity (Wildman–Crippen MR) is 53.9 cm³/mol. The Kier molecular flexibility index (Phi) is 2.82. The summed E-state index contributed by atoms with van der Waals surface area (Å²) in [4.78, 5) is 10.6. The van der Waals surface area contributed by atoms with Gasteiger partial charge < -0.3 is 5.11 Å². The lowest BCUT2D eigenvalue weighted by atomic mass is 9.78. The molecule has 0 amide bonds. The van der Waals surface area contributed by atoms with E-state index < -0.39 is 5.97 Å². The third-order valence-electron chi connectivity index (χ3n) is 3.35. The van der Waals surface area contributed by atoms with E-state index in [9.17, 15) is 4.79 Å². The summed E-state index contributed by atoms with van der Waals surface area (Å²) in [6.45, 7) is 0. The molecule has 74 valence electrons. The van der Waals surface area contributed by atoms with Gasteiger partial charge in [0.25, 0.3) is 0 Å². The van der Waals surface area contributed by atoms with E-state index in [0.717, 1.165) is 11.8 Å². The average Bonchev–Trinajstić information content (AvgIpc) is 2.48. The molecule has 1 N–H and O–H groups in total. The van der Waals surface area contributed by atoms with Gasteiger partial charge in [0, 0.05) is 5.25 Å². The molecule has 0 bridgehead atoms. The summed E-state index contributed by atoms with van der Waals surface area (Å²) in [5.74, 6) is 2.14. The number of carbonyl (C=O) groups is 1. The molecule has 0 spiro atoms. The molecule has 0 unspecified atom stereocenters. The highest BCUT2D eigenvalue weighted by Crippen LogP contribution is 2.46. The average molecular weight is 200 g/mol. The van der Waals surface area contributed by atoms with Crippen molar-refractivity contribution in [2.75, 3.05) is 5.75 Å². The zero-order valence-electron chi connectivity index (χ0n) is 7.74. The summed E-state index contributed by atoms with van der Waals surface area (Å²) in [6, 6.07) is 0. The quantitative estimate of drug-likeness (QED) is 0.743. The van der Waals surface area contributed by atoms with Crippen molar-refractivity contribution >= 4 is 17.7 Å². The Morgan fingerprint density at radius 2 is 2.15 bits per heavy atom. The second-order valence-corrected chi connectivity index (χ2v) is 5.45. The molecular formula is C10H16O2S. The van der Waals surface area contributed by atoms with E-state index in [4.69, 9.17) is 5.11 Å². The fourth-order valence-corrected chi connectivity index (χ4v) is 4.46. The first-order valence-corrected chi connectivity index (χ1v) is 6.15. The molecule has 1 saturated carbocycles. The van der Waals surface area contributed by atoms with Gasteiger partial charge in [0.15, 0.2) is 0 Å². The van der Waals surface area contributed by atoms with Crippen LogP contribution < -0.4 is 0 Å². The van der Waals surface area contributed by atoms with Gasteiger partial charge in [0.1, 0.15) is 0 Å². The van der Waals surface area contributed by atoms with Crippen molar-refractivity contribution in [2.45, 2.75) is 37.4 Å². The number of carboxylic acid groups (broad SMARTS) is 1. The number of thioether (sulfide) groups is 1. The van der Waals surface area contributed by atoms with Gasteiger partial charge in [-0.15, -0.1) is 0 Å². The van der Waals surface area contributed by atoms with Crippen LogP contribution in [0.4, 0.5) is 0 Å². The van der Waals surface area contributed by atoms with Crippen molar-refractivity contribution < 1.29 is 9.90 Å². The van der Waals surface area contributed by atoms with Crippen molar-refractivity contribution in [2.24, 2.45) is 11.8 Å². The maximum atomic E-state index is 10.6. The Morgan fingerprint density at radius 3 is 2.92 bits per heavy atom. The number of rotatable bonds is 2. The summed E-state index contributed by atoms with van der Waals surface area (Å²) < 4.78 is 0. The Bertz CT molecular complexity index is 205. The molecule has 3 atom stereocenters. The van der Waals surface area contributed by atoms with Crippen LogP contribution in [-0.4, -0.2) is 22.1 Å². The Morgan fingerprint density at radius 1 is 1.38 bits per heavy atom. The van der Waals surface area contributed by atoms with Gasteiger partial charge in [-0.25, -0.2) is 0 Å². The molecule has 0 aromatic rings. The highest BCUT2D eigenvalue weighted by atomic mass is 32.2. The SMILES string of the molecule is O=C(O)C[C@H]1SC[C@@H]2CCCC[C@@H]21. The fourth-order valence-electron chi connectivity index (χ4n) is 2.69. The minimum Gasteiger partial charge on any atom is -0.481 e. The number of fused-ring (bicyclic) bond motifs is 1. The molecule has 1 aliphatic carbocycles. The lowest BCUT2D eigenvalue weighted by Gasteiger charge is -2.27. The van der Waals surface area contributed by atoms with Gasteiger partial charge in [0.2, 0.25) is 0 Å². The van der Waals surface area contributed by atoms with Gasteiger partial charge in [-0.1, -0.05) is 12.8 Å². The predicted octanol–water partition coefficient (Wildman–Crippen LogP) is 2.38. The van der Waals surface area contributed by atoms with E-state index in [1.807, 2.05) is 11.8 Å². The molecule has 1 saturated heterocycles. The fraction of sp³-hybridized carbons (Fsp3) is 0.900. The molecule has 2 nitrogen and oxygen atoms in total. The lowest BCUT2D eigenvalue weighted by molar-refractivity contribution is -0.137. The summed E-state index contributed by atoms with van der Waals surface area (Å²) in [7, 11) is 0. The topological polar surface area (TPSA) is 37.3 Å². The first kappa shape index (κ1) is 9.38. The zero-order valence-corrected chi connectivity index (χ0v) is 8.55. The molecule has 13 heavy (non-hydrogen) atoms. The number of hydrogen-bond acceptors (Lipinski definition) is 2. The molecule has 3 heteroatoms. The van der Waals surface area contributed by atoms with Crippen LogP contribution in [0.5, 0.6) is 0 Å². The number of carboxylic acids is 1. The van der Waals surface area contributed by atoms with Crippen molar-refractivity contribution in [3.05, 3.63) is 0 Å². The van der Waals surface area contributed by atoms with E-state index in [2.05, 4.69) is 0 Å². The van der Waals surface area contributed by atoms with Gasteiger partial charge in [-0.2, -0.15) is 11.8 Å². The third kappa shape index (κ3) is 2.01. The standard InChI is InChI=1S/C10H16O2S/c11-10(12)5-9-8-4-2-1-3-7(8)6-13-9/h7-9H,1-6H2,(H,11,12)/t7-,8-,9+/m0/s1. The molecule has 1 aliphatic heterocycles. The van der Waals surface area contributed by atoms with Crippen molar-refractivity contribution in [3.63, 3.8) is 0 Å². The molecule has 1 heterocycles. The largest absolute Gasteiger partial charge is 0.481 e. The van der Waals surface area contributed by atoms with Crippen molar-refractivity contribution in [1.29, 1.82) is 0 Å². The molecule has 2 rings (SSSR count). The van der Waals surface area contributed by atoms with Gasteiger partial charge in [-0.3, -0.25) is 4.79 Å². The van der Waals surface area contributed by atoms with Crippen LogP contribution in [0, 0.1) is 11.8 Å². The normalized spacial score (nSPS) is 38.6.